The standard InChI is InChI=1S/C27H30FN5O4/c1-17-14-33(18(2)16-34)26(35)23-11-20(19-5-4-10-29-12-19)13-30-25(23)37-24(17)15-32(3)27(36)31-22-8-6-21(28)7-9-22/h4-13,17-18,24,34H,14-16H2,1-3H3,(H,31,36)/t17-,18+,24-/m0/s1. The molecule has 0 aliphatic carbocycles. The van der Waals surface area contributed by atoms with E-state index >= 15 is 0 Å². The molecule has 2 aromatic heterocycles. The van der Waals surface area contributed by atoms with E-state index in [2.05, 4.69) is 15.3 Å². The van der Waals surface area contributed by atoms with E-state index < -0.39 is 18.0 Å². The number of fused-ring (bicyclic) bond motifs is 1. The zero-order chi connectivity index (χ0) is 26.5. The van der Waals surface area contributed by atoms with Crippen LogP contribution >= 0.6 is 0 Å². The summed E-state index contributed by atoms with van der Waals surface area (Å²) in [5.74, 6) is -0.705. The lowest BCUT2D eigenvalue weighted by atomic mass is 9.99. The Bertz CT molecular complexity index is 1240. The average Bonchev–Trinajstić information content (AvgIpc) is 2.91. The van der Waals surface area contributed by atoms with E-state index in [0.29, 0.717) is 17.8 Å². The molecule has 0 saturated carbocycles. The Morgan fingerprint density at radius 1 is 1.27 bits per heavy atom. The lowest BCUT2D eigenvalue weighted by Gasteiger charge is -2.37. The number of carbonyl (C=O) groups excluding carboxylic acids is 2. The number of nitrogens with zero attached hydrogens (tertiary/aromatic N) is 4. The number of aromatic nitrogens is 2. The van der Waals surface area contributed by atoms with Crippen LogP contribution in [0.4, 0.5) is 14.9 Å². The van der Waals surface area contributed by atoms with E-state index in [4.69, 9.17) is 4.74 Å². The third kappa shape index (κ3) is 6.03. The van der Waals surface area contributed by atoms with Gasteiger partial charge in [0.05, 0.1) is 19.2 Å². The summed E-state index contributed by atoms with van der Waals surface area (Å²) in [5, 5.41) is 12.6. The number of benzene rings is 1. The molecule has 3 amide bonds. The number of likely N-dealkylation sites (N-methyl/N-ethyl adjacent to an activating group) is 1. The van der Waals surface area contributed by atoms with Gasteiger partial charge < -0.3 is 25.0 Å². The van der Waals surface area contributed by atoms with Crippen LogP contribution in [0, 0.1) is 11.7 Å². The van der Waals surface area contributed by atoms with E-state index in [1.54, 1.807) is 49.6 Å². The number of halogens is 1. The fraction of sp³-hybridized carbons (Fsp3) is 0.333. The third-order valence-electron chi connectivity index (χ3n) is 6.41. The molecule has 0 unspecified atom stereocenters. The van der Waals surface area contributed by atoms with Crippen molar-refractivity contribution in [3.05, 3.63) is 72.4 Å². The minimum atomic E-state index is -0.499. The van der Waals surface area contributed by atoms with Gasteiger partial charge in [-0.15, -0.1) is 0 Å². The number of aliphatic hydroxyl groups excluding tert-OH is 1. The maximum absolute atomic E-state index is 13.6. The topological polar surface area (TPSA) is 108 Å². The van der Waals surface area contributed by atoms with Crippen LogP contribution in [0.2, 0.25) is 0 Å². The molecular weight excluding hydrogens is 477 g/mol. The van der Waals surface area contributed by atoms with Crippen molar-refractivity contribution >= 4 is 17.6 Å². The van der Waals surface area contributed by atoms with E-state index in [1.807, 2.05) is 13.0 Å². The molecule has 10 heteroatoms. The number of amides is 3. The van der Waals surface area contributed by atoms with Gasteiger partial charge in [-0.2, -0.15) is 0 Å². The van der Waals surface area contributed by atoms with Crippen LogP contribution in [0.15, 0.2) is 61.1 Å². The van der Waals surface area contributed by atoms with Crippen LogP contribution < -0.4 is 10.1 Å². The van der Waals surface area contributed by atoms with Crippen LogP contribution in [0.5, 0.6) is 5.88 Å². The third-order valence-corrected chi connectivity index (χ3v) is 6.41. The number of rotatable bonds is 6. The molecule has 0 saturated heterocycles. The summed E-state index contributed by atoms with van der Waals surface area (Å²) in [6.45, 7) is 4.03. The second-order valence-corrected chi connectivity index (χ2v) is 9.26. The first-order valence-electron chi connectivity index (χ1n) is 12.0. The number of hydrogen-bond acceptors (Lipinski definition) is 6. The molecule has 3 atom stereocenters. The number of aliphatic hydroxyl groups is 1. The molecule has 3 aromatic rings. The Kier molecular flexibility index (Phi) is 7.98. The Morgan fingerprint density at radius 2 is 2.03 bits per heavy atom. The molecule has 3 heterocycles. The number of anilines is 1. The number of hydrogen-bond donors (Lipinski definition) is 2. The number of ether oxygens (including phenoxy) is 1. The molecule has 4 rings (SSSR count). The fourth-order valence-electron chi connectivity index (χ4n) is 4.12. The zero-order valence-electron chi connectivity index (χ0n) is 21.0. The van der Waals surface area contributed by atoms with Crippen LogP contribution in [0.25, 0.3) is 11.1 Å². The monoisotopic (exact) mass is 507 g/mol. The molecular formula is C27H30FN5O4. The summed E-state index contributed by atoms with van der Waals surface area (Å²) in [5.41, 5.74) is 2.25. The summed E-state index contributed by atoms with van der Waals surface area (Å²) in [4.78, 5) is 38.0. The van der Waals surface area contributed by atoms with Crippen molar-refractivity contribution in [1.29, 1.82) is 0 Å². The summed E-state index contributed by atoms with van der Waals surface area (Å²) in [7, 11) is 1.63. The molecule has 0 bridgehead atoms. The average molecular weight is 508 g/mol. The van der Waals surface area contributed by atoms with Crippen LogP contribution in [0.1, 0.15) is 24.2 Å². The Morgan fingerprint density at radius 3 is 2.70 bits per heavy atom. The fourth-order valence-corrected chi connectivity index (χ4v) is 4.12. The van der Waals surface area contributed by atoms with Gasteiger partial charge in [0.1, 0.15) is 17.5 Å². The van der Waals surface area contributed by atoms with E-state index in [1.165, 1.54) is 29.2 Å². The second kappa shape index (κ2) is 11.3. The van der Waals surface area contributed by atoms with Gasteiger partial charge in [0, 0.05) is 54.9 Å². The Labute approximate surface area is 214 Å². The van der Waals surface area contributed by atoms with Crippen molar-refractivity contribution < 1.29 is 23.8 Å². The lowest BCUT2D eigenvalue weighted by molar-refractivity contribution is 0.0356. The number of pyridine rings is 2. The van der Waals surface area contributed by atoms with Crippen molar-refractivity contribution in [1.82, 2.24) is 19.8 Å². The van der Waals surface area contributed by atoms with Crippen LogP contribution in [-0.2, 0) is 0 Å². The van der Waals surface area contributed by atoms with Gasteiger partial charge in [-0.25, -0.2) is 14.2 Å². The van der Waals surface area contributed by atoms with Gasteiger partial charge in [-0.05, 0) is 43.3 Å². The highest BCUT2D eigenvalue weighted by molar-refractivity contribution is 5.98. The maximum atomic E-state index is 13.6. The Hall–Kier alpha value is -4.05. The minimum absolute atomic E-state index is 0.164. The number of urea groups is 1. The highest BCUT2D eigenvalue weighted by atomic mass is 19.1. The van der Waals surface area contributed by atoms with Crippen molar-refractivity contribution in [3.63, 3.8) is 0 Å². The van der Waals surface area contributed by atoms with Gasteiger partial charge >= 0.3 is 6.03 Å². The molecule has 37 heavy (non-hydrogen) atoms. The molecule has 194 valence electrons. The van der Waals surface area contributed by atoms with Gasteiger partial charge in [-0.3, -0.25) is 9.78 Å². The van der Waals surface area contributed by atoms with Gasteiger partial charge in [0.25, 0.3) is 5.91 Å². The molecule has 0 spiro atoms. The smallest absolute Gasteiger partial charge is 0.321 e. The van der Waals surface area contributed by atoms with Crippen molar-refractivity contribution in [2.24, 2.45) is 5.92 Å². The predicted molar refractivity (Wildman–Crippen MR) is 137 cm³/mol. The molecule has 9 nitrogen and oxygen atoms in total. The largest absolute Gasteiger partial charge is 0.472 e. The van der Waals surface area contributed by atoms with Crippen LogP contribution in [-0.4, -0.2) is 75.7 Å². The number of carbonyl (C=O) groups is 2. The quantitative estimate of drug-likeness (QED) is 0.527. The second-order valence-electron chi connectivity index (χ2n) is 9.26. The minimum Gasteiger partial charge on any atom is -0.472 e. The summed E-state index contributed by atoms with van der Waals surface area (Å²) >= 11 is 0. The van der Waals surface area contributed by atoms with E-state index in [-0.39, 0.29) is 42.5 Å². The summed E-state index contributed by atoms with van der Waals surface area (Å²) < 4.78 is 19.4. The molecule has 0 radical (unpaired) electrons. The molecule has 1 aliphatic rings. The SMILES string of the molecule is C[C@H](CO)N1C[C@H](C)[C@H](CN(C)C(=O)Nc2ccc(F)cc2)Oc2ncc(-c3cccnc3)cc2C1=O. The zero-order valence-corrected chi connectivity index (χ0v) is 21.0. The van der Waals surface area contributed by atoms with Gasteiger partial charge in [-0.1, -0.05) is 13.0 Å². The molecule has 2 N–H and O–H groups in total. The van der Waals surface area contributed by atoms with Gasteiger partial charge in [0.2, 0.25) is 5.88 Å². The first-order chi connectivity index (χ1) is 17.8. The normalized spacial score (nSPS) is 18.2. The first-order valence-corrected chi connectivity index (χ1v) is 12.0. The molecule has 0 fully saturated rings. The lowest BCUT2D eigenvalue weighted by Crippen LogP contribution is -2.50. The highest BCUT2D eigenvalue weighted by Crippen LogP contribution is 2.30. The number of nitrogens with one attached hydrogen (secondary N) is 1. The first kappa shape index (κ1) is 26.0. The van der Waals surface area contributed by atoms with Crippen molar-refractivity contribution in [2.75, 3.05) is 32.1 Å². The van der Waals surface area contributed by atoms with Gasteiger partial charge in [0.15, 0.2) is 0 Å². The van der Waals surface area contributed by atoms with Crippen molar-refractivity contribution in [2.45, 2.75) is 26.0 Å². The highest BCUT2D eigenvalue weighted by Gasteiger charge is 2.34. The van der Waals surface area contributed by atoms with E-state index in [0.717, 1.165) is 5.56 Å². The summed E-state index contributed by atoms with van der Waals surface area (Å²) in [6, 6.07) is 10.1. The van der Waals surface area contributed by atoms with Crippen molar-refractivity contribution in [3.8, 4) is 17.0 Å². The van der Waals surface area contributed by atoms with Crippen LogP contribution in [0.3, 0.4) is 0 Å². The van der Waals surface area contributed by atoms with E-state index in [9.17, 15) is 19.1 Å². The molecule has 1 aromatic carbocycles. The Balaban J connectivity index is 1.61. The molecule has 1 aliphatic heterocycles. The summed E-state index contributed by atoms with van der Waals surface area (Å²) in [6.07, 6.45) is 4.47. The maximum Gasteiger partial charge on any atom is 0.321 e. The predicted octanol–water partition coefficient (Wildman–Crippen LogP) is 3.67.